The number of ether oxygens (including phenoxy) is 2. The molecule has 1 aromatic rings. The molecule has 0 atom stereocenters. The quantitative estimate of drug-likeness (QED) is 0.578. The molecule has 0 aliphatic carbocycles. The molecule has 0 bridgehead atoms. The van der Waals surface area contributed by atoms with Gasteiger partial charge in [0.1, 0.15) is 17.1 Å². The number of benzene rings is 1. The molecule has 1 aromatic carbocycles. The largest absolute Gasteiger partial charge is 0.507 e. The number of phenols is 1. The van der Waals surface area contributed by atoms with Gasteiger partial charge in [-0.2, -0.15) is 0 Å². The standard InChI is InChI=1S/C13H16O6/c1-2-18-12(15)4-3-7-19-9-5-6-10(13(16)17)11(14)8-9/h5-6,8,14H,2-4,7H2,1H3,(H,16,17). The van der Waals surface area contributed by atoms with E-state index >= 15 is 0 Å². The second-order valence-electron chi connectivity index (χ2n) is 3.74. The molecule has 1 rings (SSSR count). The number of esters is 1. The molecule has 0 saturated carbocycles. The first-order valence-corrected chi connectivity index (χ1v) is 5.89. The van der Waals surface area contributed by atoms with E-state index in [2.05, 4.69) is 0 Å². The third-order valence-corrected chi connectivity index (χ3v) is 2.30. The van der Waals surface area contributed by atoms with Crippen LogP contribution < -0.4 is 4.74 Å². The maximum absolute atomic E-state index is 11.0. The summed E-state index contributed by atoms with van der Waals surface area (Å²) in [6, 6.07) is 3.94. The van der Waals surface area contributed by atoms with Crippen molar-refractivity contribution in [1.82, 2.24) is 0 Å². The minimum Gasteiger partial charge on any atom is -0.507 e. The Morgan fingerprint density at radius 2 is 2.05 bits per heavy atom. The maximum Gasteiger partial charge on any atom is 0.339 e. The molecule has 104 valence electrons. The molecule has 6 nitrogen and oxygen atoms in total. The molecule has 2 N–H and O–H groups in total. The third-order valence-electron chi connectivity index (χ3n) is 2.30. The molecule has 0 heterocycles. The molecule has 0 aromatic heterocycles. The van der Waals surface area contributed by atoms with Crippen LogP contribution in [0.1, 0.15) is 30.1 Å². The number of aromatic hydroxyl groups is 1. The molecular formula is C13H16O6. The van der Waals surface area contributed by atoms with Gasteiger partial charge >= 0.3 is 11.9 Å². The number of hydrogen-bond acceptors (Lipinski definition) is 5. The number of carboxylic acid groups (broad SMARTS) is 1. The van der Waals surface area contributed by atoms with E-state index < -0.39 is 5.97 Å². The van der Waals surface area contributed by atoms with E-state index in [0.29, 0.717) is 18.8 Å². The van der Waals surface area contributed by atoms with E-state index in [1.165, 1.54) is 18.2 Å². The second-order valence-corrected chi connectivity index (χ2v) is 3.74. The topological polar surface area (TPSA) is 93.1 Å². The van der Waals surface area contributed by atoms with Crippen LogP contribution in [0.3, 0.4) is 0 Å². The summed E-state index contributed by atoms with van der Waals surface area (Å²) in [5, 5.41) is 18.2. The highest BCUT2D eigenvalue weighted by molar-refractivity contribution is 5.90. The second kappa shape index (κ2) is 7.25. The Balaban J connectivity index is 2.40. The van der Waals surface area contributed by atoms with Crippen molar-refractivity contribution in [1.29, 1.82) is 0 Å². The Morgan fingerprint density at radius 1 is 1.32 bits per heavy atom. The Morgan fingerprint density at radius 3 is 2.63 bits per heavy atom. The fourth-order valence-electron chi connectivity index (χ4n) is 1.42. The first kappa shape index (κ1) is 14.8. The van der Waals surface area contributed by atoms with Crippen molar-refractivity contribution >= 4 is 11.9 Å². The Kier molecular flexibility index (Phi) is 5.66. The van der Waals surface area contributed by atoms with Gasteiger partial charge in [-0.25, -0.2) is 4.79 Å². The Bertz CT molecular complexity index is 454. The summed E-state index contributed by atoms with van der Waals surface area (Å²) in [4.78, 5) is 21.7. The fraction of sp³-hybridized carbons (Fsp3) is 0.385. The molecule has 0 unspecified atom stereocenters. The van der Waals surface area contributed by atoms with Crippen molar-refractivity contribution in [2.24, 2.45) is 0 Å². The number of aromatic carboxylic acids is 1. The number of carboxylic acids is 1. The molecule has 0 fully saturated rings. The van der Waals surface area contributed by atoms with Gasteiger partial charge in [-0.15, -0.1) is 0 Å². The smallest absolute Gasteiger partial charge is 0.339 e. The minimum atomic E-state index is -1.20. The van der Waals surface area contributed by atoms with E-state index in [1.54, 1.807) is 6.92 Å². The van der Waals surface area contributed by atoms with Gasteiger partial charge in [0.25, 0.3) is 0 Å². The summed E-state index contributed by atoms with van der Waals surface area (Å²) >= 11 is 0. The molecule has 6 heteroatoms. The molecule has 0 radical (unpaired) electrons. The highest BCUT2D eigenvalue weighted by Crippen LogP contribution is 2.23. The summed E-state index contributed by atoms with van der Waals surface area (Å²) in [5.74, 6) is -1.48. The van der Waals surface area contributed by atoms with Gasteiger partial charge in [0.2, 0.25) is 0 Å². The molecular weight excluding hydrogens is 252 g/mol. The van der Waals surface area contributed by atoms with Crippen molar-refractivity contribution in [3.05, 3.63) is 23.8 Å². The average Bonchev–Trinajstić information content (AvgIpc) is 2.34. The van der Waals surface area contributed by atoms with Crippen LogP contribution in [0, 0.1) is 0 Å². The summed E-state index contributed by atoms with van der Waals surface area (Å²) in [7, 11) is 0. The van der Waals surface area contributed by atoms with Gasteiger partial charge in [0.05, 0.1) is 13.2 Å². The van der Waals surface area contributed by atoms with Crippen molar-refractivity contribution in [3.8, 4) is 11.5 Å². The van der Waals surface area contributed by atoms with Gasteiger partial charge in [-0.1, -0.05) is 0 Å². The third kappa shape index (κ3) is 4.87. The molecule has 0 amide bonds. The van der Waals surface area contributed by atoms with Crippen LogP contribution >= 0.6 is 0 Å². The summed E-state index contributed by atoms with van der Waals surface area (Å²) < 4.78 is 10.0. The number of carbonyl (C=O) groups excluding carboxylic acids is 1. The Hall–Kier alpha value is -2.24. The van der Waals surface area contributed by atoms with Gasteiger partial charge in [-0.3, -0.25) is 4.79 Å². The molecule has 19 heavy (non-hydrogen) atoms. The highest BCUT2D eigenvalue weighted by atomic mass is 16.5. The lowest BCUT2D eigenvalue weighted by atomic mass is 10.2. The maximum atomic E-state index is 11.0. The zero-order valence-corrected chi connectivity index (χ0v) is 10.6. The van der Waals surface area contributed by atoms with Crippen LogP contribution in [-0.4, -0.2) is 35.4 Å². The summed E-state index contributed by atoms with van der Waals surface area (Å²) in [6.45, 7) is 2.37. The van der Waals surface area contributed by atoms with E-state index in [-0.39, 0.29) is 30.3 Å². The van der Waals surface area contributed by atoms with E-state index in [4.69, 9.17) is 14.6 Å². The van der Waals surface area contributed by atoms with Crippen LogP contribution in [-0.2, 0) is 9.53 Å². The average molecular weight is 268 g/mol. The van der Waals surface area contributed by atoms with Crippen molar-refractivity contribution in [2.45, 2.75) is 19.8 Å². The fourth-order valence-corrected chi connectivity index (χ4v) is 1.42. The summed E-state index contributed by atoms with van der Waals surface area (Å²) in [6.07, 6.45) is 0.743. The molecule has 0 saturated heterocycles. The predicted molar refractivity (Wildman–Crippen MR) is 66.4 cm³/mol. The lowest BCUT2D eigenvalue weighted by molar-refractivity contribution is -0.143. The lowest BCUT2D eigenvalue weighted by Crippen LogP contribution is -2.06. The minimum absolute atomic E-state index is 0.182. The van der Waals surface area contributed by atoms with Gasteiger partial charge < -0.3 is 19.7 Å². The van der Waals surface area contributed by atoms with Crippen LogP contribution in [0.4, 0.5) is 0 Å². The zero-order valence-electron chi connectivity index (χ0n) is 10.6. The summed E-state index contributed by atoms with van der Waals surface area (Å²) in [5.41, 5.74) is -0.182. The zero-order chi connectivity index (χ0) is 14.3. The van der Waals surface area contributed by atoms with E-state index in [9.17, 15) is 14.7 Å². The first-order valence-electron chi connectivity index (χ1n) is 5.89. The van der Waals surface area contributed by atoms with Crippen molar-refractivity contribution in [3.63, 3.8) is 0 Å². The van der Waals surface area contributed by atoms with Gasteiger partial charge in [0.15, 0.2) is 0 Å². The monoisotopic (exact) mass is 268 g/mol. The number of rotatable bonds is 7. The highest BCUT2D eigenvalue weighted by Gasteiger charge is 2.10. The van der Waals surface area contributed by atoms with Crippen LogP contribution in [0.15, 0.2) is 18.2 Å². The predicted octanol–water partition coefficient (Wildman–Crippen LogP) is 1.81. The molecule has 0 spiro atoms. The van der Waals surface area contributed by atoms with E-state index in [1.807, 2.05) is 0 Å². The molecule has 0 aliphatic heterocycles. The van der Waals surface area contributed by atoms with E-state index in [0.717, 1.165) is 0 Å². The van der Waals surface area contributed by atoms with Crippen LogP contribution in [0.5, 0.6) is 11.5 Å². The number of carbonyl (C=O) groups is 2. The Labute approximate surface area is 110 Å². The normalized spacial score (nSPS) is 9.95. The van der Waals surface area contributed by atoms with Crippen molar-refractivity contribution in [2.75, 3.05) is 13.2 Å². The SMILES string of the molecule is CCOC(=O)CCCOc1ccc(C(=O)O)c(O)c1. The molecule has 0 aliphatic rings. The van der Waals surface area contributed by atoms with Gasteiger partial charge in [0, 0.05) is 12.5 Å². The number of hydrogen-bond donors (Lipinski definition) is 2. The van der Waals surface area contributed by atoms with Crippen LogP contribution in [0.25, 0.3) is 0 Å². The first-order chi connectivity index (χ1) is 9.04. The van der Waals surface area contributed by atoms with Gasteiger partial charge in [-0.05, 0) is 25.5 Å². The van der Waals surface area contributed by atoms with Crippen LogP contribution in [0.2, 0.25) is 0 Å². The van der Waals surface area contributed by atoms with Crippen molar-refractivity contribution < 1.29 is 29.3 Å². The lowest BCUT2D eigenvalue weighted by Gasteiger charge is -2.07.